The van der Waals surface area contributed by atoms with Crippen molar-refractivity contribution in [2.24, 2.45) is 4.99 Å². The van der Waals surface area contributed by atoms with Crippen LogP contribution in [0.3, 0.4) is 0 Å². The molecule has 0 aromatic heterocycles. The van der Waals surface area contributed by atoms with Crippen molar-refractivity contribution in [1.82, 2.24) is 4.90 Å². The van der Waals surface area contributed by atoms with Crippen LogP contribution in [-0.4, -0.2) is 49.3 Å². The predicted octanol–water partition coefficient (Wildman–Crippen LogP) is 4.77. The maximum absolute atomic E-state index is 12.8. The summed E-state index contributed by atoms with van der Waals surface area (Å²) in [5.41, 5.74) is 1.70. The number of aliphatic imine (C=N–C) groups is 1. The fourth-order valence-electron chi connectivity index (χ4n) is 2.88. The summed E-state index contributed by atoms with van der Waals surface area (Å²) in [5, 5.41) is 0.818. The number of likely N-dealkylation sites (N-methyl/N-ethyl adjacent to an activating group) is 1. The van der Waals surface area contributed by atoms with Gasteiger partial charge in [0.2, 0.25) is 0 Å². The molecule has 2 aromatic carbocycles. The van der Waals surface area contributed by atoms with E-state index in [1.807, 2.05) is 0 Å². The minimum atomic E-state index is -0.394. The molecule has 0 radical (unpaired) electrons. The molecule has 0 bridgehead atoms. The number of benzene rings is 2. The Balaban J connectivity index is 1.84. The van der Waals surface area contributed by atoms with Crippen molar-refractivity contribution in [3.63, 3.8) is 0 Å². The van der Waals surface area contributed by atoms with E-state index in [9.17, 15) is 9.59 Å². The summed E-state index contributed by atoms with van der Waals surface area (Å²) in [6.45, 7) is 2.11. The molecule has 1 aliphatic heterocycles. The summed E-state index contributed by atoms with van der Waals surface area (Å²) in [5.74, 6) is 2.53. The SMILES string of the molecule is C#CCOc1c(Cl)cc(/C=C2\SC(=Nc3ccc(C(=O)OCC)cc3)N(C)C2=O)cc1OC. The highest BCUT2D eigenvalue weighted by Crippen LogP contribution is 2.39. The molecule has 0 unspecified atom stereocenters. The van der Waals surface area contributed by atoms with E-state index >= 15 is 0 Å². The molecule has 0 spiro atoms. The zero-order valence-electron chi connectivity index (χ0n) is 18.3. The third kappa shape index (κ3) is 5.69. The van der Waals surface area contributed by atoms with Crippen LogP contribution in [0, 0.1) is 12.3 Å². The first-order valence-electron chi connectivity index (χ1n) is 9.85. The van der Waals surface area contributed by atoms with E-state index in [2.05, 4.69) is 10.9 Å². The van der Waals surface area contributed by atoms with Crippen LogP contribution < -0.4 is 9.47 Å². The summed E-state index contributed by atoms with van der Waals surface area (Å²) in [4.78, 5) is 31.0. The largest absolute Gasteiger partial charge is 0.493 e. The van der Waals surface area contributed by atoms with Crippen molar-refractivity contribution in [2.75, 3.05) is 27.4 Å². The van der Waals surface area contributed by atoms with Gasteiger partial charge in [0.05, 0.1) is 34.9 Å². The first kappa shape index (κ1) is 24.2. The third-order valence-electron chi connectivity index (χ3n) is 4.46. The number of esters is 1. The van der Waals surface area contributed by atoms with E-state index in [1.165, 1.54) is 23.8 Å². The molecule has 170 valence electrons. The van der Waals surface area contributed by atoms with Crippen molar-refractivity contribution in [3.05, 3.63) is 57.5 Å². The number of amides is 1. The smallest absolute Gasteiger partial charge is 0.338 e. The van der Waals surface area contributed by atoms with E-state index < -0.39 is 5.97 Å². The minimum absolute atomic E-state index is 0.0518. The van der Waals surface area contributed by atoms with Crippen molar-refractivity contribution < 1.29 is 23.8 Å². The minimum Gasteiger partial charge on any atom is -0.493 e. The summed E-state index contributed by atoms with van der Waals surface area (Å²) in [6, 6.07) is 10.0. The second kappa shape index (κ2) is 10.9. The second-order valence-corrected chi connectivity index (χ2v) is 8.08. The van der Waals surface area contributed by atoms with Gasteiger partial charge in [0.15, 0.2) is 16.7 Å². The molecule has 1 amide bonds. The first-order chi connectivity index (χ1) is 15.9. The number of hydrogen-bond donors (Lipinski definition) is 0. The number of carbonyl (C=O) groups excluding carboxylic acids is 2. The number of ether oxygens (including phenoxy) is 3. The number of terminal acetylenes is 1. The topological polar surface area (TPSA) is 77.4 Å². The van der Waals surface area contributed by atoms with Crippen molar-refractivity contribution in [1.29, 1.82) is 0 Å². The van der Waals surface area contributed by atoms with Gasteiger partial charge in [0.1, 0.15) is 6.61 Å². The molecule has 7 nitrogen and oxygen atoms in total. The number of nitrogens with zero attached hydrogens (tertiary/aromatic N) is 2. The molecule has 1 saturated heterocycles. The summed E-state index contributed by atoms with van der Waals surface area (Å²) in [7, 11) is 3.14. The molecule has 3 rings (SSSR count). The van der Waals surface area contributed by atoms with Gasteiger partial charge in [-0.15, -0.1) is 6.42 Å². The molecular formula is C24H21ClN2O5S. The Kier molecular flexibility index (Phi) is 8.04. The molecule has 1 aliphatic rings. The predicted molar refractivity (Wildman–Crippen MR) is 130 cm³/mol. The summed E-state index contributed by atoms with van der Waals surface area (Å²) in [6.07, 6.45) is 6.94. The van der Waals surface area contributed by atoms with Crippen LogP contribution in [0.2, 0.25) is 5.02 Å². The number of rotatable bonds is 7. The monoisotopic (exact) mass is 484 g/mol. The Bertz CT molecular complexity index is 1170. The molecule has 1 heterocycles. The van der Waals surface area contributed by atoms with Crippen LogP contribution in [0.1, 0.15) is 22.8 Å². The highest BCUT2D eigenvalue weighted by molar-refractivity contribution is 8.18. The van der Waals surface area contributed by atoms with E-state index in [-0.39, 0.29) is 12.5 Å². The third-order valence-corrected chi connectivity index (χ3v) is 5.80. The van der Waals surface area contributed by atoms with Crippen LogP contribution in [-0.2, 0) is 9.53 Å². The molecule has 2 aromatic rings. The first-order valence-corrected chi connectivity index (χ1v) is 11.0. The molecule has 1 fully saturated rings. The number of thioether (sulfide) groups is 1. The van der Waals surface area contributed by atoms with Gasteiger partial charge in [0, 0.05) is 7.05 Å². The van der Waals surface area contributed by atoms with Crippen LogP contribution >= 0.6 is 23.4 Å². The number of halogens is 1. The Labute approximate surface area is 201 Å². The van der Waals surface area contributed by atoms with Crippen molar-refractivity contribution in [3.8, 4) is 23.8 Å². The van der Waals surface area contributed by atoms with Gasteiger partial charge in [-0.3, -0.25) is 9.69 Å². The molecular weight excluding hydrogens is 464 g/mol. The molecule has 0 saturated carbocycles. The van der Waals surface area contributed by atoms with Gasteiger partial charge in [-0.1, -0.05) is 17.5 Å². The van der Waals surface area contributed by atoms with Gasteiger partial charge >= 0.3 is 5.97 Å². The molecule has 0 aliphatic carbocycles. The summed E-state index contributed by atoms with van der Waals surface area (Å²) >= 11 is 7.56. The number of carbonyl (C=O) groups is 2. The van der Waals surface area contributed by atoms with Crippen LogP contribution in [0.25, 0.3) is 6.08 Å². The lowest BCUT2D eigenvalue weighted by Gasteiger charge is -2.11. The highest BCUT2D eigenvalue weighted by Gasteiger charge is 2.30. The average Bonchev–Trinajstić information content (AvgIpc) is 3.06. The lowest BCUT2D eigenvalue weighted by Crippen LogP contribution is -2.23. The summed E-state index contributed by atoms with van der Waals surface area (Å²) < 4.78 is 15.8. The molecule has 9 heteroatoms. The van der Waals surface area contributed by atoms with Crippen LogP contribution in [0.4, 0.5) is 5.69 Å². The standard InChI is InChI=1S/C24H21ClN2O5S/c1-5-11-32-21-18(25)12-15(13-19(21)30-4)14-20-22(28)27(3)24(33-20)26-17-9-7-16(8-10-17)23(29)31-6-2/h1,7-10,12-14H,6,11H2,2-4H3/b20-14-,26-24?. The van der Waals surface area contributed by atoms with Crippen molar-refractivity contribution >= 4 is 52.2 Å². The highest BCUT2D eigenvalue weighted by atomic mass is 35.5. The Morgan fingerprint density at radius 3 is 2.67 bits per heavy atom. The molecule has 0 atom stereocenters. The van der Waals surface area contributed by atoms with Gasteiger partial charge in [-0.25, -0.2) is 9.79 Å². The number of hydrogen-bond acceptors (Lipinski definition) is 7. The lowest BCUT2D eigenvalue weighted by molar-refractivity contribution is -0.121. The maximum Gasteiger partial charge on any atom is 0.338 e. The zero-order valence-corrected chi connectivity index (χ0v) is 19.8. The van der Waals surface area contributed by atoms with Gasteiger partial charge < -0.3 is 14.2 Å². The fourth-order valence-corrected chi connectivity index (χ4v) is 4.14. The fraction of sp³-hybridized carbons (Fsp3) is 0.208. The quantitative estimate of drug-likeness (QED) is 0.320. The Hall–Kier alpha value is -3.41. The average molecular weight is 485 g/mol. The number of methoxy groups -OCH3 is 1. The maximum atomic E-state index is 12.8. The van der Waals surface area contributed by atoms with Crippen molar-refractivity contribution in [2.45, 2.75) is 6.92 Å². The van der Waals surface area contributed by atoms with E-state index in [4.69, 9.17) is 32.2 Å². The molecule has 33 heavy (non-hydrogen) atoms. The van der Waals surface area contributed by atoms with E-state index in [0.29, 0.717) is 50.0 Å². The number of amidine groups is 1. The lowest BCUT2D eigenvalue weighted by atomic mass is 10.2. The van der Waals surface area contributed by atoms with Crippen LogP contribution in [0.5, 0.6) is 11.5 Å². The van der Waals surface area contributed by atoms with Gasteiger partial charge in [-0.05, 0) is 66.7 Å². The normalized spacial score (nSPS) is 15.6. The van der Waals surface area contributed by atoms with Gasteiger partial charge in [-0.2, -0.15) is 0 Å². The van der Waals surface area contributed by atoms with Gasteiger partial charge in [0.25, 0.3) is 5.91 Å². The van der Waals surface area contributed by atoms with Crippen LogP contribution in [0.15, 0.2) is 46.3 Å². The zero-order chi connectivity index (χ0) is 24.0. The second-order valence-electron chi connectivity index (χ2n) is 6.66. The van der Waals surface area contributed by atoms with E-state index in [1.54, 1.807) is 56.4 Å². The Morgan fingerprint density at radius 2 is 2.03 bits per heavy atom. The van der Waals surface area contributed by atoms with E-state index in [0.717, 1.165) is 0 Å². The Morgan fingerprint density at radius 1 is 1.30 bits per heavy atom. The molecule has 0 N–H and O–H groups in total.